The van der Waals surface area contributed by atoms with Crippen LogP contribution in [-0.2, 0) is 0 Å². The van der Waals surface area contributed by atoms with Crippen molar-refractivity contribution in [2.24, 2.45) is 5.92 Å². The van der Waals surface area contributed by atoms with E-state index in [4.69, 9.17) is 0 Å². The van der Waals surface area contributed by atoms with E-state index in [9.17, 15) is 4.79 Å². The van der Waals surface area contributed by atoms with E-state index in [1.54, 1.807) is 4.52 Å². The first kappa shape index (κ1) is 19.1. The average molecular weight is 429 g/mol. The van der Waals surface area contributed by atoms with Crippen LogP contribution in [0.3, 0.4) is 0 Å². The molecule has 1 saturated heterocycles. The second-order valence-corrected chi connectivity index (χ2v) is 8.60. The molecule has 0 bridgehead atoms. The van der Waals surface area contributed by atoms with Crippen LogP contribution < -0.4 is 5.32 Å². The van der Waals surface area contributed by atoms with Gasteiger partial charge in [-0.15, -0.1) is 5.10 Å². The van der Waals surface area contributed by atoms with Gasteiger partial charge in [-0.05, 0) is 65.6 Å². The molecule has 2 aromatic carbocycles. The van der Waals surface area contributed by atoms with E-state index in [0.29, 0.717) is 17.0 Å². The van der Waals surface area contributed by atoms with Gasteiger partial charge >= 0.3 is 0 Å². The predicted octanol–water partition coefficient (Wildman–Crippen LogP) is 2.58. The van der Waals surface area contributed by atoms with E-state index in [1.807, 2.05) is 53.4 Å². The Bertz CT molecular complexity index is 1270. The summed E-state index contributed by atoms with van der Waals surface area (Å²) < 4.78 is 1.67. The zero-order valence-corrected chi connectivity index (χ0v) is 17.7. The van der Waals surface area contributed by atoms with Crippen LogP contribution in [0.1, 0.15) is 23.2 Å². The molecule has 0 atom stereocenters. The Morgan fingerprint density at radius 2 is 1.78 bits per heavy atom. The maximum absolute atomic E-state index is 12.9. The molecule has 2 aliphatic rings. The van der Waals surface area contributed by atoms with Gasteiger partial charge in [0.05, 0.1) is 11.0 Å². The van der Waals surface area contributed by atoms with Crippen molar-refractivity contribution in [2.45, 2.75) is 12.8 Å². The van der Waals surface area contributed by atoms with E-state index < -0.39 is 0 Å². The molecule has 6 rings (SSSR count). The molecule has 4 aromatic rings. The fourth-order valence-corrected chi connectivity index (χ4v) is 4.30. The predicted molar refractivity (Wildman–Crippen MR) is 121 cm³/mol. The quantitative estimate of drug-likeness (QED) is 0.522. The summed E-state index contributed by atoms with van der Waals surface area (Å²) in [6.45, 7) is 4.73. The van der Waals surface area contributed by atoms with Crippen molar-refractivity contribution < 1.29 is 4.79 Å². The Balaban J connectivity index is 1.17. The van der Waals surface area contributed by atoms with Gasteiger partial charge < -0.3 is 10.2 Å². The minimum absolute atomic E-state index is 0.0931. The van der Waals surface area contributed by atoms with Crippen molar-refractivity contribution in [3.63, 3.8) is 0 Å². The van der Waals surface area contributed by atoms with Gasteiger partial charge in [0.2, 0.25) is 5.65 Å². The Kier molecular flexibility index (Phi) is 4.68. The van der Waals surface area contributed by atoms with Crippen LogP contribution in [0.5, 0.6) is 0 Å². The lowest BCUT2D eigenvalue weighted by atomic mass is 10.1. The minimum atomic E-state index is 0.0931. The average Bonchev–Trinajstić information content (AvgIpc) is 3.50. The molecule has 1 saturated carbocycles. The molecule has 32 heavy (non-hydrogen) atoms. The Morgan fingerprint density at radius 3 is 2.56 bits per heavy atom. The lowest BCUT2D eigenvalue weighted by Crippen LogP contribution is -2.49. The Morgan fingerprint density at radius 1 is 1.00 bits per heavy atom. The number of benzene rings is 2. The number of amides is 1. The van der Waals surface area contributed by atoms with Crippen molar-refractivity contribution in [3.8, 4) is 0 Å². The molecule has 1 aliphatic heterocycles. The van der Waals surface area contributed by atoms with Gasteiger partial charge in [0.1, 0.15) is 0 Å². The van der Waals surface area contributed by atoms with Gasteiger partial charge in [0.25, 0.3) is 5.91 Å². The van der Waals surface area contributed by atoms with Gasteiger partial charge in [0.15, 0.2) is 5.82 Å². The van der Waals surface area contributed by atoms with Gasteiger partial charge in [-0.1, -0.05) is 12.1 Å². The van der Waals surface area contributed by atoms with Crippen molar-refractivity contribution in [1.82, 2.24) is 34.8 Å². The highest BCUT2D eigenvalue weighted by atomic mass is 16.2. The van der Waals surface area contributed by atoms with Crippen LogP contribution in [0.2, 0.25) is 0 Å². The zero-order chi connectivity index (χ0) is 21.5. The number of carbonyl (C=O) groups excluding carboxylic acids is 1. The summed E-state index contributed by atoms with van der Waals surface area (Å²) in [6, 6.07) is 15.2. The molecular weight excluding hydrogens is 404 g/mol. The first-order chi connectivity index (χ1) is 15.7. The normalized spacial score (nSPS) is 17.2. The van der Waals surface area contributed by atoms with Crippen LogP contribution in [-0.4, -0.2) is 73.5 Å². The van der Waals surface area contributed by atoms with E-state index in [0.717, 1.165) is 48.8 Å². The van der Waals surface area contributed by atoms with Crippen LogP contribution in [0.25, 0.3) is 16.7 Å². The van der Waals surface area contributed by atoms with Gasteiger partial charge in [-0.3, -0.25) is 9.69 Å². The number of anilines is 2. The molecular formula is C23H24N8O. The number of nitrogens with zero attached hydrogens (tertiary/aromatic N) is 7. The van der Waals surface area contributed by atoms with E-state index in [1.165, 1.54) is 19.4 Å². The molecule has 0 radical (unpaired) electrons. The lowest BCUT2D eigenvalue weighted by molar-refractivity contribution is 0.0632. The number of fused-ring (bicyclic) bond motifs is 3. The number of nitrogens with one attached hydrogen (secondary N) is 1. The molecule has 162 valence electrons. The Hall–Kier alpha value is -3.59. The fourth-order valence-electron chi connectivity index (χ4n) is 4.30. The molecule has 9 heteroatoms. The lowest BCUT2D eigenvalue weighted by Gasteiger charge is -2.34. The van der Waals surface area contributed by atoms with Crippen LogP contribution >= 0.6 is 0 Å². The molecule has 1 amide bonds. The second-order valence-electron chi connectivity index (χ2n) is 8.60. The minimum Gasteiger partial charge on any atom is -0.337 e. The molecule has 2 aromatic heterocycles. The molecule has 0 spiro atoms. The molecule has 0 unspecified atom stereocenters. The summed E-state index contributed by atoms with van der Waals surface area (Å²) >= 11 is 0. The highest BCUT2D eigenvalue weighted by molar-refractivity contribution is 5.95. The van der Waals surface area contributed by atoms with Crippen molar-refractivity contribution in [3.05, 3.63) is 54.1 Å². The standard InChI is InChI=1S/C23H24N8O/c32-23(30-13-11-29(12-14-30)15-16-5-6-16)17-7-9-18(10-8-17)24-21-22-26-27-28-31(22)20-4-2-1-3-19(20)25-21/h1-4,7-10,16H,5-6,11-15H2,(H,24,25). The number of para-hydroxylation sites is 2. The van der Waals surface area contributed by atoms with Crippen LogP contribution in [0.4, 0.5) is 11.5 Å². The topological polar surface area (TPSA) is 91.5 Å². The van der Waals surface area contributed by atoms with E-state index in [2.05, 4.69) is 30.7 Å². The monoisotopic (exact) mass is 428 g/mol. The first-order valence-electron chi connectivity index (χ1n) is 11.1. The number of piperazine rings is 1. The third kappa shape index (κ3) is 3.64. The summed E-state index contributed by atoms with van der Waals surface area (Å²) in [4.78, 5) is 22.1. The Labute approximate surface area is 185 Å². The maximum atomic E-state index is 12.9. The first-order valence-corrected chi connectivity index (χ1v) is 11.1. The van der Waals surface area contributed by atoms with Crippen LogP contribution in [0, 0.1) is 5.92 Å². The molecule has 9 nitrogen and oxygen atoms in total. The third-order valence-corrected chi connectivity index (χ3v) is 6.29. The highest BCUT2D eigenvalue weighted by Gasteiger charge is 2.28. The zero-order valence-electron chi connectivity index (χ0n) is 17.7. The van der Waals surface area contributed by atoms with E-state index in [-0.39, 0.29) is 5.91 Å². The number of rotatable bonds is 5. The second kappa shape index (κ2) is 7.83. The van der Waals surface area contributed by atoms with Crippen LogP contribution in [0.15, 0.2) is 48.5 Å². The number of aromatic nitrogens is 5. The molecule has 1 aliphatic carbocycles. The summed E-state index contributed by atoms with van der Waals surface area (Å²) in [6.07, 6.45) is 2.74. The van der Waals surface area contributed by atoms with Gasteiger partial charge in [-0.2, -0.15) is 4.52 Å². The molecule has 3 heterocycles. The van der Waals surface area contributed by atoms with Crippen molar-refractivity contribution in [2.75, 3.05) is 38.0 Å². The van der Waals surface area contributed by atoms with Crippen molar-refractivity contribution >= 4 is 34.1 Å². The number of carbonyl (C=O) groups is 1. The molecule has 2 fully saturated rings. The number of hydrogen-bond donors (Lipinski definition) is 1. The summed E-state index contributed by atoms with van der Waals surface area (Å²) in [7, 11) is 0. The smallest absolute Gasteiger partial charge is 0.253 e. The fraction of sp³-hybridized carbons (Fsp3) is 0.348. The largest absolute Gasteiger partial charge is 0.337 e. The SMILES string of the molecule is O=C(c1ccc(Nc2nc3ccccc3n3nnnc23)cc1)N1CCN(CC2CC2)CC1. The van der Waals surface area contributed by atoms with Gasteiger partial charge in [-0.25, -0.2) is 4.98 Å². The highest BCUT2D eigenvalue weighted by Crippen LogP contribution is 2.30. The molecule has 1 N–H and O–H groups in total. The maximum Gasteiger partial charge on any atom is 0.253 e. The summed E-state index contributed by atoms with van der Waals surface area (Å²) in [5.41, 5.74) is 3.71. The number of tetrazole rings is 1. The van der Waals surface area contributed by atoms with E-state index >= 15 is 0 Å². The van der Waals surface area contributed by atoms with Crippen molar-refractivity contribution in [1.29, 1.82) is 0 Å². The summed E-state index contributed by atoms with van der Waals surface area (Å²) in [5, 5.41) is 15.3. The summed E-state index contributed by atoms with van der Waals surface area (Å²) in [5.74, 6) is 1.55. The van der Waals surface area contributed by atoms with Gasteiger partial charge in [0, 0.05) is 44.0 Å². The number of hydrogen-bond acceptors (Lipinski definition) is 7. The third-order valence-electron chi connectivity index (χ3n) is 6.29.